The molecular weight excluding hydrogens is 200 g/mol. The lowest BCUT2D eigenvalue weighted by molar-refractivity contribution is 1.88. The summed E-state index contributed by atoms with van der Waals surface area (Å²) in [6.07, 6.45) is 4.35. The van der Waals surface area contributed by atoms with E-state index in [4.69, 9.17) is 0 Å². The second-order valence-electron chi connectivity index (χ2n) is 1.69. The highest BCUT2D eigenvalue weighted by molar-refractivity contribution is 8.81. The minimum Gasteiger partial charge on any atom is -0.0605 e. The number of hydrogen-bond acceptors (Lipinski definition) is 4. The molecule has 0 bridgehead atoms. The van der Waals surface area contributed by atoms with Crippen LogP contribution in [0.15, 0.2) is 32.8 Å². The third-order valence-corrected chi connectivity index (χ3v) is 5.28. The maximum absolute atomic E-state index is 2.17. The molecule has 0 aromatic carbocycles. The quantitative estimate of drug-likeness (QED) is 0.546. The van der Waals surface area contributed by atoms with E-state index in [9.17, 15) is 0 Å². The van der Waals surface area contributed by atoms with E-state index < -0.39 is 0 Å². The zero-order valence-electron chi connectivity index (χ0n) is 4.94. The average Bonchev–Trinajstić information content (AvgIpc) is 2.59. The van der Waals surface area contributed by atoms with E-state index in [0.717, 1.165) is 0 Å². The third-order valence-electron chi connectivity index (χ3n) is 1.07. The SMILES string of the molecule is C1=CC(=C2C=CSS2)SS1. The molecule has 0 nitrogen and oxygen atoms in total. The van der Waals surface area contributed by atoms with Gasteiger partial charge in [0.1, 0.15) is 0 Å². The fraction of sp³-hybridized carbons (Fsp3) is 0. The van der Waals surface area contributed by atoms with Crippen LogP contribution < -0.4 is 0 Å². The smallest absolute Gasteiger partial charge is 0.0336 e. The second kappa shape index (κ2) is 3.34. The topological polar surface area (TPSA) is 0 Å². The summed E-state index contributed by atoms with van der Waals surface area (Å²) in [4.78, 5) is 2.80. The van der Waals surface area contributed by atoms with E-state index in [-0.39, 0.29) is 0 Å². The molecule has 0 unspecified atom stereocenters. The van der Waals surface area contributed by atoms with Crippen LogP contribution in [0.25, 0.3) is 0 Å². The molecule has 2 heterocycles. The first-order chi connectivity index (χ1) is 4.97. The lowest BCUT2D eigenvalue weighted by Gasteiger charge is -1.94. The van der Waals surface area contributed by atoms with Crippen LogP contribution >= 0.6 is 43.2 Å². The first-order valence-corrected chi connectivity index (χ1v) is 7.13. The summed E-state index contributed by atoms with van der Waals surface area (Å²) in [5, 5.41) is 4.26. The van der Waals surface area contributed by atoms with Crippen LogP contribution in [0.2, 0.25) is 0 Å². The Labute approximate surface area is 75.8 Å². The summed E-state index contributed by atoms with van der Waals surface area (Å²) in [5.74, 6) is 0. The van der Waals surface area contributed by atoms with Gasteiger partial charge < -0.3 is 0 Å². The van der Waals surface area contributed by atoms with Gasteiger partial charge in [0, 0.05) is 9.81 Å². The van der Waals surface area contributed by atoms with Gasteiger partial charge in [0.2, 0.25) is 0 Å². The Bertz CT molecular complexity index is 202. The van der Waals surface area contributed by atoms with Crippen LogP contribution in [0.1, 0.15) is 0 Å². The Kier molecular flexibility index (Phi) is 2.43. The molecule has 0 saturated carbocycles. The van der Waals surface area contributed by atoms with Crippen molar-refractivity contribution in [3.63, 3.8) is 0 Å². The van der Waals surface area contributed by atoms with Gasteiger partial charge in [-0.25, -0.2) is 0 Å². The number of hydrogen-bond donors (Lipinski definition) is 0. The molecule has 52 valence electrons. The van der Waals surface area contributed by atoms with Gasteiger partial charge in [-0.15, -0.1) is 0 Å². The lowest BCUT2D eigenvalue weighted by atomic mass is 10.4. The van der Waals surface area contributed by atoms with Gasteiger partial charge in [0.15, 0.2) is 0 Å². The summed E-state index contributed by atoms with van der Waals surface area (Å²) in [6, 6.07) is 0. The van der Waals surface area contributed by atoms with Gasteiger partial charge in [-0.1, -0.05) is 43.2 Å². The Morgan fingerprint density at radius 3 is 1.60 bits per heavy atom. The monoisotopic (exact) mass is 204 g/mol. The Morgan fingerprint density at radius 1 is 0.800 bits per heavy atom. The van der Waals surface area contributed by atoms with E-state index in [1.165, 1.54) is 9.81 Å². The predicted octanol–water partition coefficient (Wildman–Crippen LogP) is 4.02. The van der Waals surface area contributed by atoms with Gasteiger partial charge >= 0.3 is 0 Å². The van der Waals surface area contributed by atoms with Gasteiger partial charge in [-0.05, 0) is 23.0 Å². The van der Waals surface area contributed by atoms with E-state index in [1.807, 2.05) is 21.6 Å². The molecule has 2 aliphatic heterocycles. The third kappa shape index (κ3) is 1.44. The van der Waals surface area contributed by atoms with Crippen molar-refractivity contribution in [2.45, 2.75) is 0 Å². The van der Waals surface area contributed by atoms with Crippen molar-refractivity contribution in [1.82, 2.24) is 0 Å². The molecule has 0 saturated heterocycles. The van der Waals surface area contributed by atoms with Crippen LogP contribution in [0.5, 0.6) is 0 Å². The lowest BCUT2D eigenvalue weighted by Crippen LogP contribution is -1.66. The van der Waals surface area contributed by atoms with E-state index in [1.54, 1.807) is 21.6 Å². The van der Waals surface area contributed by atoms with Gasteiger partial charge in [-0.3, -0.25) is 0 Å². The zero-order valence-corrected chi connectivity index (χ0v) is 8.21. The van der Waals surface area contributed by atoms with Crippen molar-refractivity contribution >= 4 is 43.2 Å². The highest BCUT2D eigenvalue weighted by Gasteiger charge is 2.10. The Morgan fingerprint density at radius 2 is 1.30 bits per heavy atom. The van der Waals surface area contributed by atoms with E-state index in [0.29, 0.717) is 0 Å². The van der Waals surface area contributed by atoms with Crippen molar-refractivity contribution in [3.8, 4) is 0 Å². The number of allylic oxidation sites excluding steroid dienone is 2. The fourth-order valence-corrected chi connectivity index (χ4v) is 4.79. The molecular formula is C6H4S4. The molecule has 0 aromatic heterocycles. The fourth-order valence-electron chi connectivity index (χ4n) is 0.640. The Balaban J connectivity index is 2.26. The van der Waals surface area contributed by atoms with Crippen molar-refractivity contribution in [3.05, 3.63) is 32.8 Å². The minimum atomic E-state index is 1.40. The largest absolute Gasteiger partial charge is 0.0605 e. The first-order valence-electron chi connectivity index (χ1n) is 2.71. The van der Waals surface area contributed by atoms with Gasteiger partial charge in [0.05, 0.1) is 0 Å². The molecule has 2 aliphatic rings. The average molecular weight is 204 g/mol. The molecule has 0 aromatic rings. The highest BCUT2D eigenvalue weighted by Crippen LogP contribution is 2.48. The summed E-state index contributed by atoms with van der Waals surface area (Å²) in [5.41, 5.74) is 0. The zero-order chi connectivity index (χ0) is 6.81. The summed E-state index contributed by atoms with van der Waals surface area (Å²) >= 11 is 0. The normalized spacial score (nSPS) is 30.4. The van der Waals surface area contributed by atoms with Crippen molar-refractivity contribution in [1.29, 1.82) is 0 Å². The molecule has 0 atom stereocenters. The highest BCUT2D eigenvalue weighted by atomic mass is 33.1. The van der Waals surface area contributed by atoms with Crippen molar-refractivity contribution < 1.29 is 0 Å². The maximum atomic E-state index is 2.17. The van der Waals surface area contributed by atoms with Crippen LogP contribution in [-0.2, 0) is 0 Å². The van der Waals surface area contributed by atoms with Crippen LogP contribution in [-0.4, -0.2) is 0 Å². The summed E-state index contributed by atoms with van der Waals surface area (Å²) < 4.78 is 0. The van der Waals surface area contributed by atoms with E-state index >= 15 is 0 Å². The molecule has 0 amide bonds. The standard InChI is InChI=1S/C6H4S4/c1-3-7-9-5(1)6-2-4-8-10-6/h1-4H. The number of rotatable bonds is 0. The molecule has 0 spiro atoms. The summed E-state index contributed by atoms with van der Waals surface area (Å²) in [6.45, 7) is 0. The van der Waals surface area contributed by atoms with Gasteiger partial charge in [0.25, 0.3) is 0 Å². The first kappa shape index (κ1) is 7.28. The van der Waals surface area contributed by atoms with Gasteiger partial charge in [-0.2, -0.15) is 0 Å². The van der Waals surface area contributed by atoms with Crippen LogP contribution in [0, 0.1) is 0 Å². The maximum Gasteiger partial charge on any atom is 0.0336 e. The molecule has 2 rings (SSSR count). The Hall–Kier alpha value is 0.620. The predicted molar refractivity (Wildman–Crippen MR) is 55.7 cm³/mol. The molecule has 0 N–H and O–H groups in total. The van der Waals surface area contributed by atoms with Crippen LogP contribution in [0.3, 0.4) is 0 Å². The van der Waals surface area contributed by atoms with Crippen LogP contribution in [0.4, 0.5) is 0 Å². The van der Waals surface area contributed by atoms with Crippen molar-refractivity contribution in [2.24, 2.45) is 0 Å². The minimum absolute atomic E-state index is 1.40. The van der Waals surface area contributed by atoms with E-state index in [2.05, 4.69) is 23.0 Å². The molecule has 4 heteroatoms. The molecule has 0 fully saturated rings. The second-order valence-corrected chi connectivity index (χ2v) is 5.99. The van der Waals surface area contributed by atoms with Crippen molar-refractivity contribution in [2.75, 3.05) is 0 Å². The molecule has 0 aliphatic carbocycles. The molecule has 0 radical (unpaired) electrons. The molecule has 10 heavy (non-hydrogen) atoms. The summed E-state index contributed by atoms with van der Waals surface area (Å²) in [7, 11) is 7.26.